The van der Waals surface area contributed by atoms with Crippen molar-refractivity contribution in [2.75, 3.05) is 0 Å². The Balaban J connectivity index is 1.86. The zero-order chi connectivity index (χ0) is 11.4. The maximum Gasteiger partial charge on any atom is 0.0693 e. The molecule has 2 fully saturated rings. The summed E-state index contributed by atoms with van der Waals surface area (Å²) < 4.78 is 0. The average Bonchev–Trinajstić information content (AvgIpc) is 2.33. The van der Waals surface area contributed by atoms with Crippen molar-refractivity contribution in [3.05, 3.63) is 0 Å². The van der Waals surface area contributed by atoms with Crippen molar-refractivity contribution in [2.24, 2.45) is 5.92 Å². The van der Waals surface area contributed by atoms with E-state index in [1.807, 2.05) is 0 Å². The van der Waals surface area contributed by atoms with Crippen LogP contribution in [-0.4, -0.2) is 23.3 Å². The summed E-state index contributed by atoms with van der Waals surface area (Å²) in [6.07, 6.45) is 11.4. The van der Waals surface area contributed by atoms with E-state index in [4.69, 9.17) is 0 Å². The van der Waals surface area contributed by atoms with Gasteiger partial charge in [-0.3, -0.25) is 0 Å². The zero-order valence-electron chi connectivity index (χ0n) is 10.6. The number of rotatable bonds is 3. The maximum atomic E-state index is 10.00. The molecule has 4 atom stereocenters. The molecule has 16 heavy (non-hydrogen) atoms. The van der Waals surface area contributed by atoms with Crippen LogP contribution in [0.2, 0.25) is 0 Å². The van der Waals surface area contributed by atoms with Crippen molar-refractivity contribution in [2.45, 2.75) is 82.9 Å². The minimum atomic E-state index is -0.0896. The van der Waals surface area contributed by atoms with Crippen molar-refractivity contribution in [1.82, 2.24) is 5.32 Å². The molecule has 0 aromatic heterocycles. The smallest absolute Gasteiger partial charge is 0.0693 e. The van der Waals surface area contributed by atoms with E-state index in [-0.39, 0.29) is 6.10 Å². The molecule has 2 nitrogen and oxygen atoms in total. The first-order chi connectivity index (χ1) is 7.81. The molecule has 2 N–H and O–H groups in total. The Kier molecular flexibility index (Phi) is 4.66. The Morgan fingerprint density at radius 3 is 2.25 bits per heavy atom. The number of aliphatic hydroxyl groups excluding tert-OH is 1. The van der Waals surface area contributed by atoms with E-state index in [0.717, 1.165) is 12.3 Å². The van der Waals surface area contributed by atoms with E-state index in [1.54, 1.807) is 0 Å². The lowest BCUT2D eigenvalue weighted by Gasteiger charge is -2.38. The Hall–Kier alpha value is -0.0800. The minimum Gasteiger partial charge on any atom is -0.392 e. The Bertz CT molecular complexity index is 207. The lowest BCUT2D eigenvalue weighted by Crippen LogP contribution is -2.50. The molecule has 0 radical (unpaired) electrons. The first-order valence-electron chi connectivity index (χ1n) is 7.25. The van der Waals surface area contributed by atoms with Crippen LogP contribution < -0.4 is 5.32 Å². The molecule has 0 heterocycles. The molecule has 94 valence electrons. The van der Waals surface area contributed by atoms with Crippen molar-refractivity contribution < 1.29 is 5.11 Å². The molecule has 2 heteroatoms. The lowest BCUT2D eigenvalue weighted by atomic mass is 9.81. The third-order valence-corrected chi connectivity index (χ3v) is 4.59. The van der Waals surface area contributed by atoms with Gasteiger partial charge < -0.3 is 10.4 Å². The average molecular weight is 225 g/mol. The van der Waals surface area contributed by atoms with Crippen LogP contribution in [0, 0.1) is 5.92 Å². The van der Waals surface area contributed by atoms with Crippen LogP contribution in [0.4, 0.5) is 0 Å². The van der Waals surface area contributed by atoms with E-state index in [9.17, 15) is 5.11 Å². The van der Waals surface area contributed by atoms with Gasteiger partial charge in [0.05, 0.1) is 6.10 Å². The fraction of sp³-hybridized carbons (Fsp3) is 1.00. The van der Waals surface area contributed by atoms with Crippen molar-refractivity contribution in [3.8, 4) is 0 Å². The highest BCUT2D eigenvalue weighted by molar-refractivity contribution is 4.87. The number of hydrogen-bond acceptors (Lipinski definition) is 2. The summed E-state index contributed by atoms with van der Waals surface area (Å²) in [4.78, 5) is 0. The number of aliphatic hydroxyl groups is 1. The first-order valence-corrected chi connectivity index (χ1v) is 7.25. The normalized spacial score (nSPS) is 40.9. The van der Waals surface area contributed by atoms with Gasteiger partial charge >= 0.3 is 0 Å². The molecule has 0 aliphatic heterocycles. The van der Waals surface area contributed by atoms with Gasteiger partial charge in [0.25, 0.3) is 0 Å². The van der Waals surface area contributed by atoms with Gasteiger partial charge in [0.1, 0.15) is 0 Å². The predicted octanol–water partition coefficient (Wildman–Crippen LogP) is 2.85. The Morgan fingerprint density at radius 2 is 1.56 bits per heavy atom. The van der Waals surface area contributed by atoms with Crippen LogP contribution in [0.25, 0.3) is 0 Å². The van der Waals surface area contributed by atoms with Gasteiger partial charge in [0, 0.05) is 12.1 Å². The molecule has 0 spiro atoms. The van der Waals surface area contributed by atoms with Gasteiger partial charge in [-0.2, -0.15) is 0 Å². The third-order valence-electron chi connectivity index (χ3n) is 4.59. The highest BCUT2D eigenvalue weighted by atomic mass is 16.3. The predicted molar refractivity (Wildman–Crippen MR) is 67.4 cm³/mol. The third kappa shape index (κ3) is 2.98. The summed E-state index contributed by atoms with van der Waals surface area (Å²) >= 11 is 0. The van der Waals surface area contributed by atoms with E-state index >= 15 is 0 Å². The van der Waals surface area contributed by atoms with E-state index in [1.165, 1.54) is 51.4 Å². The summed E-state index contributed by atoms with van der Waals surface area (Å²) in [5.74, 6) is 0.850. The summed E-state index contributed by atoms with van der Waals surface area (Å²) in [5.41, 5.74) is 0. The van der Waals surface area contributed by atoms with Crippen LogP contribution in [0.3, 0.4) is 0 Å². The first kappa shape index (κ1) is 12.4. The molecule has 0 aromatic carbocycles. The van der Waals surface area contributed by atoms with Gasteiger partial charge in [-0.1, -0.05) is 39.0 Å². The summed E-state index contributed by atoms with van der Waals surface area (Å²) in [5, 5.41) is 13.8. The van der Waals surface area contributed by atoms with Crippen LogP contribution in [-0.2, 0) is 0 Å². The molecule has 2 aliphatic rings. The van der Waals surface area contributed by atoms with Crippen LogP contribution in [0.1, 0.15) is 64.7 Å². The minimum absolute atomic E-state index is 0.0896. The quantitative estimate of drug-likeness (QED) is 0.774. The number of hydrogen-bond donors (Lipinski definition) is 2. The largest absolute Gasteiger partial charge is 0.392 e. The maximum absolute atomic E-state index is 10.00. The second-order valence-corrected chi connectivity index (χ2v) is 5.68. The fourth-order valence-electron chi connectivity index (χ4n) is 3.50. The molecule has 2 rings (SSSR count). The summed E-state index contributed by atoms with van der Waals surface area (Å²) in [6.45, 7) is 2.31. The van der Waals surface area contributed by atoms with Gasteiger partial charge in [-0.15, -0.1) is 0 Å². The van der Waals surface area contributed by atoms with Crippen molar-refractivity contribution >= 4 is 0 Å². The van der Waals surface area contributed by atoms with E-state index in [2.05, 4.69) is 12.2 Å². The molecule has 0 aromatic rings. The molecule has 0 amide bonds. The fourth-order valence-corrected chi connectivity index (χ4v) is 3.50. The summed E-state index contributed by atoms with van der Waals surface area (Å²) in [7, 11) is 0. The molecule has 0 saturated heterocycles. The van der Waals surface area contributed by atoms with E-state index in [0.29, 0.717) is 12.1 Å². The summed E-state index contributed by atoms with van der Waals surface area (Å²) in [6, 6.07) is 1.06. The lowest BCUT2D eigenvalue weighted by molar-refractivity contribution is 0.0740. The molecule has 2 saturated carbocycles. The standard InChI is InChI=1S/C14H27NO/c1-2-11-7-3-4-8-12(11)15-13-9-5-6-10-14(13)16/h11-16H,2-10H2,1H3/t11?,12?,13-,14-/m0/s1. The second kappa shape index (κ2) is 6.02. The van der Waals surface area contributed by atoms with Crippen LogP contribution >= 0.6 is 0 Å². The monoisotopic (exact) mass is 225 g/mol. The van der Waals surface area contributed by atoms with Gasteiger partial charge in [-0.25, -0.2) is 0 Å². The molecule has 0 bridgehead atoms. The van der Waals surface area contributed by atoms with Gasteiger partial charge in [0.15, 0.2) is 0 Å². The molecular formula is C14H27NO. The Labute approximate surface area is 99.8 Å². The van der Waals surface area contributed by atoms with Crippen molar-refractivity contribution in [1.29, 1.82) is 0 Å². The molecule has 2 aliphatic carbocycles. The highest BCUT2D eigenvalue weighted by Crippen LogP contribution is 2.29. The van der Waals surface area contributed by atoms with Crippen LogP contribution in [0.15, 0.2) is 0 Å². The van der Waals surface area contributed by atoms with Gasteiger partial charge in [-0.05, 0) is 31.6 Å². The Morgan fingerprint density at radius 1 is 0.938 bits per heavy atom. The highest BCUT2D eigenvalue weighted by Gasteiger charge is 2.29. The molecular weight excluding hydrogens is 198 g/mol. The molecule has 2 unspecified atom stereocenters. The zero-order valence-corrected chi connectivity index (χ0v) is 10.6. The number of nitrogens with one attached hydrogen (secondary N) is 1. The van der Waals surface area contributed by atoms with Crippen molar-refractivity contribution in [3.63, 3.8) is 0 Å². The van der Waals surface area contributed by atoms with Crippen LogP contribution in [0.5, 0.6) is 0 Å². The SMILES string of the molecule is CCC1CCCCC1N[C@H]1CCCC[C@@H]1O. The van der Waals surface area contributed by atoms with E-state index < -0.39 is 0 Å². The topological polar surface area (TPSA) is 32.3 Å². The second-order valence-electron chi connectivity index (χ2n) is 5.68. The van der Waals surface area contributed by atoms with Gasteiger partial charge in [0.2, 0.25) is 0 Å².